The van der Waals surface area contributed by atoms with Crippen LogP contribution in [0.15, 0.2) is 18.2 Å². The van der Waals surface area contributed by atoms with Crippen LogP contribution in [-0.2, 0) is 4.74 Å². The Labute approximate surface area is 172 Å². The molecule has 0 atom stereocenters. The van der Waals surface area contributed by atoms with Gasteiger partial charge in [-0.1, -0.05) is 13.3 Å². The SMILES string of the molecule is CCCCOC(=O)c1ccc(N2CCN(C)CC2)cc1NC1CCC(F)(F)CC1. The van der Waals surface area contributed by atoms with Crippen LogP contribution in [0.25, 0.3) is 0 Å². The third-order valence-electron chi connectivity index (χ3n) is 5.90. The van der Waals surface area contributed by atoms with Gasteiger partial charge in [-0.2, -0.15) is 0 Å². The van der Waals surface area contributed by atoms with Crippen LogP contribution in [0.4, 0.5) is 20.2 Å². The number of anilines is 2. The van der Waals surface area contributed by atoms with E-state index in [9.17, 15) is 13.6 Å². The van der Waals surface area contributed by atoms with Gasteiger partial charge in [0.2, 0.25) is 5.92 Å². The van der Waals surface area contributed by atoms with Crippen LogP contribution < -0.4 is 10.2 Å². The fraction of sp³-hybridized carbons (Fsp3) is 0.682. The van der Waals surface area contributed by atoms with Gasteiger partial charge in [0.05, 0.1) is 17.9 Å². The van der Waals surface area contributed by atoms with Crippen molar-refractivity contribution < 1.29 is 18.3 Å². The molecule has 0 spiro atoms. The number of hydrogen-bond donors (Lipinski definition) is 1. The van der Waals surface area contributed by atoms with Gasteiger partial charge in [0.1, 0.15) is 0 Å². The van der Waals surface area contributed by atoms with Crippen molar-refractivity contribution in [1.29, 1.82) is 0 Å². The van der Waals surface area contributed by atoms with Crippen molar-refractivity contribution in [2.24, 2.45) is 0 Å². The molecular formula is C22H33F2N3O2. The Morgan fingerprint density at radius 2 is 1.90 bits per heavy atom. The van der Waals surface area contributed by atoms with Crippen LogP contribution in [0.3, 0.4) is 0 Å². The Bertz CT molecular complexity index is 681. The predicted molar refractivity (Wildman–Crippen MR) is 112 cm³/mol. The summed E-state index contributed by atoms with van der Waals surface area (Å²) >= 11 is 0. The van der Waals surface area contributed by atoms with E-state index >= 15 is 0 Å². The number of piperazine rings is 1. The smallest absolute Gasteiger partial charge is 0.340 e. The van der Waals surface area contributed by atoms with Gasteiger partial charge in [-0.05, 0) is 44.5 Å². The van der Waals surface area contributed by atoms with E-state index in [0.717, 1.165) is 44.7 Å². The first-order chi connectivity index (χ1) is 13.9. The molecule has 2 aliphatic rings. The Hall–Kier alpha value is -1.89. The van der Waals surface area contributed by atoms with Crippen molar-refractivity contribution in [1.82, 2.24) is 4.90 Å². The Morgan fingerprint density at radius 1 is 1.21 bits per heavy atom. The average Bonchev–Trinajstić information content (AvgIpc) is 2.70. The number of carbonyl (C=O) groups is 1. The third-order valence-corrected chi connectivity index (χ3v) is 5.90. The zero-order chi connectivity index (χ0) is 20.9. The Morgan fingerprint density at radius 3 is 2.55 bits per heavy atom. The van der Waals surface area contributed by atoms with E-state index in [1.807, 2.05) is 25.1 Å². The van der Waals surface area contributed by atoms with E-state index in [2.05, 4.69) is 22.2 Å². The Kier molecular flexibility index (Phi) is 7.33. The van der Waals surface area contributed by atoms with E-state index < -0.39 is 5.92 Å². The van der Waals surface area contributed by atoms with Gasteiger partial charge < -0.3 is 19.9 Å². The van der Waals surface area contributed by atoms with Crippen molar-refractivity contribution in [3.8, 4) is 0 Å². The average molecular weight is 410 g/mol. The Balaban J connectivity index is 1.76. The number of hydrogen-bond acceptors (Lipinski definition) is 5. The maximum absolute atomic E-state index is 13.5. The fourth-order valence-corrected chi connectivity index (χ4v) is 3.88. The summed E-state index contributed by atoms with van der Waals surface area (Å²) in [6, 6.07) is 5.69. The second kappa shape index (κ2) is 9.74. The molecule has 1 aliphatic heterocycles. The second-order valence-electron chi connectivity index (χ2n) is 8.28. The molecule has 0 unspecified atom stereocenters. The van der Waals surface area contributed by atoms with Crippen LogP contribution in [0.1, 0.15) is 55.8 Å². The van der Waals surface area contributed by atoms with Gasteiger partial charge in [0.25, 0.3) is 0 Å². The summed E-state index contributed by atoms with van der Waals surface area (Å²) in [4.78, 5) is 17.2. The second-order valence-corrected chi connectivity index (χ2v) is 8.28. The molecule has 162 valence electrons. The molecule has 29 heavy (non-hydrogen) atoms. The van der Waals surface area contributed by atoms with Gasteiger partial charge in [-0.15, -0.1) is 0 Å². The number of rotatable bonds is 7. The molecule has 1 heterocycles. The topological polar surface area (TPSA) is 44.8 Å². The summed E-state index contributed by atoms with van der Waals surface area (Å²) in [5, 5.41) is 3.38. The van der Waals surface area contributed by atoms with Crippen LogP contribution in [0.5, 0.6) is 0 Å². The van der Waals surface area contributed by atoms with E-state index in [1.54, 1.807) is 0 Å². The lowest BCUT2D eigenvalue weighted by atomic mass is 9.92. The molecule has 2 fully saturated rings. The van der Waals surface area contributed by atoms with E-state index in [0.29, 0.717) is 30.7 Å². The highest BCUT2D eigenvalue weighted by Crippen LogP contribution is 2.35. The van der Waals surface area contributed by atoms with Gasteiger partial charge in [-0.3, -0.25) is 0 Å². The number of nitrogens with one attached hydrogen (secondary N) is 1. The summed E-state index contributed by atoms with van der Waals surface area (Å²) in [6.07, 6.45) is 2.35. The maximum Gasteiger partial charge on any atom is 0.340 e. The van der Waals surface area contributed by atoms with Gasteiger partial charge >= 0.3 is 5.97 Å². The summed E-state index contributed by atoms with van der Waals surface area (Å²) in [6.45, 7) is 6.26. The van der Waals surface area contributed by atoms with Crippen LogP contribution in [-0.4, -0.2) is 62.7 Å². The normalized spacial score (nSPS) is 20.5. The van der Waals surface area contributed by atoms with E-state index in [1.165, 1.54) is 0 Å². The van der Waals surface area contributed by atoms with Crippen molar-refractivity contribution in [2.45, 2.75) is 57.4 Å². The lowest BCUT2D eigenvalue weighted by Crippen LogP contribution is -2.44. The molecule has 0 amide bonds. The molecular weight excluding hydrogens is 376 g/mol. The standard InChI is InChI=1S/C22H33F2N3O2/c1-3-4-15-29-21(28)19-6-5-18(27-13-11-26(2)12-14-27)16-20(19)25-17-7-9-22(23,24)10-8-17/h5-6,16-17,25H,3-4,7-15H2,1-2H3. The van der Waals surface area contributed by atoms with Gasteiger partial charge in [0.15, 0.2) is 0 Å². The molecule has 3 rings (SSSR count). The number of nitrogens with zero attached hydrogens (tertiary/aromatic N) is 2. The van der Waals surface area contributed by atoms with Crippen molar-refractivity contribution >= 4 is 17.3 Å². The number of unbranched alkanes of at least 4 members (excludes halogenated alkanes) is 1. The number of halogens is 2. The minimum atomic E-state index is -2.57. The van der Waals surface area contributed by atoms with Crippen LogP contribution in [0, 0.1) is 0 Å². The van der Waals surface area contributed by atoms with Crippen molar-refractivity contribution in [2.75, 3.05) is 50.1 Å². The highest BCUT2D eigenvalue weighted by molar-refractivity contribution is 5.96. The monoisotopic (exact) mass is 409 g/mol. The highest BCUT2D eigenvalue weighted by Gasteiger charge is 2.35. The number of alkyl halides is 2. The molecule has 0 radical (unpaired) electrons. The molecule has 1 aliphatic carbocycles. The number of ether oxygens (including phenoxy) is 1. The minimum absolute atomic E-state index is 0.0560. The first kappa shape index (κ1) is 21.8. The summed E-state index contributed by atoms with van der Waals surface area (Å²) in [7, 11) is 2.11. The number of likely N-dealkylation sites (N-methyl/N-ethyl adjacent to an activating group) is 1. The number of esters is 1. The quantitative estimate of drug-likeness (QED) is 0.535. The molecule has 1 aromatic carbocycles. The first-order valence-corrected chi connectivity index (χ1v) is 10.8. The van der Waals surface area contributed by atoms with E-state index in [4.69, 9.17) is 4.74 Å². The molecule has 1 N–H and O–H groups in total. The lowest BCUT2D eigenvalue weighted by molar-refractivity contribution is -0.0361. The zero-order valence-corrected chi connectivity index (χ0v) is 17.6. The van der Waals surface area contributed by atoms with Crippen LogP contribution >= 0.6 is 0 Å². The molecule has 1 saturated carbocycles. The maximum atomic E-state index is 13.5. The van der Waals surface area contributed by atoms with Crippen molar-refractivity contribution in [3.63, 3.8) is 0 Å². The number of benzene rings is 1. The summed E-state index contributed by atoms with van der Waals surface area (Å²) in [5.41, 5.74) is 2.22. The van der Waals surface area contributed by atoms with E-state index in [-0.39, 0.29) is 24.9 Å². The fourth-order valence-electron chi connectivity index (χ4n) is 3.88. The molecule has 0 bridgehead atoms. The largest absolute Gasteiger partial charge is 0.462 e. The predicted octanol–water partition coefficient (Wildman–Crippen LogP) is 4.39. The summed E-state index contributed by atoms with van der Waals surface area (Å²) in [5.74, 6) is -2.92. The highest BCUT2D eigenvalue weighted by atomic mass is 19.3. The van der Waals surface area contributed by atoms with Gasteiger partial charge in [0, 0.05) is 50.7 Å². The molecule has 1 aromatic rings. The number of carbonyl (C=O) groups excluding carboxylic acids is 1. The molecule has 7 heteroatoms. The summed E-state index contributed by atoms with van der Waals surface area (Å²) < 4.78 is 32.5. The zero-order valence-electron chi connectivity index (χ0n) is 17.6. The molecule has 5 nitrogen and oxygen atoms in total. The molecule has 1 saturated heterocycles. The third kappa shape index (κ3) is 6.04. The lowest BCUT2D eigenvalue weighted by Gasteiger charge is -2.35. The van der Waals surface area contributed by atoms with Crippen molar-refractivity contribution in [3.05, 3.63) is 23.8 Å². The van der Waals surface area contributed by atoms with Gasteiger partial charge in [-0.25, -0.2) is 13.6 Å². The minimum Gasteiger partial charge on any atom is -0.462 e. The first-order valence-electron chi connectivity index (χ1n) is 10.8. The van der Waals surface area contributed by atoms with Crippen LogP contribution in [0.2, 0.25) is 0 Å². The molecule has 0 aromatic heterocycles.